The minimum Gasteiger partial charge on any atom is -0.344 e. The SMILES string of the molecule is CCP(=O)(O)CCCCCCC1C2CC[C@@H](C2)C1NS(=O)(=O)c1ccc(-c2ccccc2)cc1. The fourth-order valence-corrected chi connectivity index (χ4v) is 8.35. The Labute approximate surface area is 204 Å². The van der Waals surface area contributed by atoms with Crippen molar-refractivity contribution in [3.8, 4) is 11.1 Å². The van der Waals surface area contributed by atoms with Crippen molar-refractivity contribution in [1.29, 1.82) is 0 Å². The zero-order valence-electron chi connectivity index (χ0n) is 20.1. The van der Waals surface area contributed by atoms with Crippen LogP contribution in [0.1, 0.15) is 58.3 Å². The molecular formula is C27H38NO4PS. The molecule has 0 radical (unpaired) electrons. The number of benzene rings is 2. The molecule has 0 saturated heterocycles. The van der Waals surface area contributed by atoms with Crippen LogP contribution in [0, 0.1) is 17.8 Å². The number of sulfonamides is 1. The summed E-state index contributed by atoms with van der Waals surface area (Å²) >= 11 is 0. The predicted octanol–water partition coefficient (Wildman–Crippen LogP) is 6.29. The molecule has 2 aliphatic rings. The van der Waals surface area contributed by atoms with Crippen LogP contribution in [-0.4, -0.2) is 31.7 Å². The molecule has 2 saturated carbocycles. The minimum atomic E-state index is -3.57. The number of fused-ring (bicyclic) bond motifs is 2. The number of hydrogen-bond donors (Lipinski definition) is 2. The fraction of sp³-hybridized carbons (Fsp3) is 0.556. The van der Waals surface area contributed by atoms with E-state index in [9.17, 15) is 17.9 Å². The highest BCUT2D eigenvalue weighted by atomic mass is 32.2. The van der Waals surface area contributed by atoms with Crippen LogP contribution >= 0.6 is 7.37 Å². The maximum Gasteiger partial charge on any atom is 0.240 e. The highest BCUT2D eigenvalue weighted by Gasteiger charge is 2.48. The molecule has 4 rings (SSSR count). The van der Waals surface area contributed by atoms with Gasteiger partial charge in [0.2, 0.25) is 10.0 Å². The summed E-state index contributed by atoms with van der Waals surface area (Å²) in [7, 11) is -6.48. The van der Waals surface area contributed by atoms with Gasteiger partial charge in [-0.05, 0) is 73.1 Å². The van der Waals surface area contributed by atoms with Crippen LogP contribution in [0.25, 0.3) is 11.1 Å². The van der Waals surface area contributed by atoms with Crippen molar-refractivity contribution < 1.29 is 17.9 Å². The van der Waals surface area contributed by atoms with Crippen molar-refractivity contribution in [3.05, 3.63) is 54.6 Å². The highest BCUT2D eigenvalue weighted by Crippen LogP contribution is 2.50. The molecule has 2 aromatic rings. The first kappa shape index (κ1) is 25.6. The number of rotatable bonds is 12. The highest BCUT2D eigenvalue weighted by molar-refractivity contribution is 7.89. The predicted molar refractivity (Wildman–Crippen MR) is 139 cm³/mol. The average molecular weight is 504 g/mol. The maximum absolute atomic E-state index is 13.2. The van der Waals surface area contributed by atoms with Gasteiger partial charge in [0.05, 0.1) is 4.90 Å². The summed E-state index contributed by atoms with van der Waals surface area (Å²) < 4.78 is 41.3. The number of nitrogens with one attached hydrogen (secondary N) is 1. The molecule has 5 nitrogen and oxygen atoms in total. The van der Waals surface area contributed by atoms with E-state index in [2.05, 4.69) is 4.72 Å². The van der Waals surface area contributed by atoms with Gasteiger partial charge < -0.3 is 4.89 Å². The van der Waals surface area contributed by atoms with E-state index < -0.39 is 17.4 Å². The van der Waals surface area contributed by atoms with E-state index in [1.807, 2.05) is 42.5 Å². The molecule has 186 valence electrons. The zero-order chi connectivity index (χ0) is 24.2. The molecule has 0 heterocycles. The Morgan fingerprint density at radius 3 is 2.26 bits per heavy atom. The van der Waals surface area contributed by atoms with Crippen LogP contribution < -0.4 is 4.72 Å². The smallest absolute Gasteiger partial charge is 0.240 e. The maximum atomic E-state index is 13.2. The second-order valence-electron chi connectivity index (χ2n) is 10.1. The van der Waals surface area contributed by atoms with Crippen LogP contribution in [0.3, 0.4) is 0 Å². The first-order chi connectivity index (χ1) is 16.3. The molecule has 2 N–H and O–H groups in total. The lowest BCUT2D eigenvalue weighted by Crippen LogP contribution is -2.43. The van der Waals surface area contributed by atoms with E-state index in [1.54, 1.807) is 19.1 Å². The van der Waals surface area contributed by atoms with Crippen LogP contribution in [0.5, 0.6) is 0 Å². The van der Waals surface area contributed by atoms with Crippen LogP contribution in [0.15, 0.2) is 59.5 Å². The molecule has 2 fully saturated rings. The van der Waals surface area contributed by atoms with Gasteiger partial charge in [0.1, 0.15) is 0 Å². The lowest BCUT2D eigenvalue weighted by Gasteiger charge is -2.31. The second-order valence-corrected chi connectivity index (χ2v) is 14.6. The van der Waals surface area contributed by atoms with Crippen molar-refractivity contribution in [2.75, 3.05) is 12.3 Å². The Balaban J connectivity index is 1.33. The molecule has 5 atom stereocenters. The molecule has 0 aromatic heterocycles. The molecule has 4 unspecified atom stereocenters. The Morgan fingerprint density at radius 1 is 0.912 bits per heavy atom. The summed E-state index contributed by atoms with van der Waals surface area (Å²) in [4.78, 5) is 10.1. The summed E-state index contributed by atoms with van der Waals surface area (Å²) in [6.07, 6.45) is 9.13. The number of unbranched alkanes of at least 4 members (excludes halogenated alkanes) is 3. The van der Waals surface area contributed by atoms with Crippen molar-refractivity contribution in [2.24, 2.45) is 17.8 Å². The van der Waals surface area contributed by atoms with Crippen LogP contribution in [0.4, 0.5) is 0 Å². The molecule has 0 spiro atoms. The third kappa shape index (κ3) is 6.20. The fourth-order valence-electron chi connectivity index (χ4n) is 5.96. The molecular weight excluding hydrogens is 465 g/mol. The Hall–Kier alpha value is -1.46. The Kier molecular flexibility index (Phi) is 8.35. The third-order valence-corrected chi connectivity index (χ3v) is 11.4. The average Bonchev–Trinajstić information content (AvgIpc) is 3.44. The molecule has 2 aromatic carbocycles. The van der Waals surface area contributed by atoms with Crippen molar-refractivity contribution in [1.82, 2.24) is 4.72 Å². The van der Waals surface area contributed by atoms with Gasteiger partial charge in [0.15, 0.2) is 7.37 Å². The van der Waals surface area contributed by atoms with Gasteiger partial charge in [-0.1, -0.05) is 68.7 Å². The van der Waals surface area contributed by atoms with Crippen LogP contribution in [0.2, 0.25) is 0 Å². The van der Waals surface area contributed by atoms with E-state index in [-0.39, 0.29) is 6.04 Å². The van der Waals surface area contributed by atoms with Crippen molar-refractivity contribution >= 4 is 17.4 Å². The molecule has 0 aliphatic heterocycles. The monoisotopic (exact) mass is 503 g/mol. The summed E-state index contributed by atoms with van der Waals surface area (Å²) in [5, 5.41) is 0. The minimum absolute atomic E-state index is 0.0234. The summed E-state index contributed by atoms with van der Waals surface area (Å²) in [5.41, 5.74) is 2.08. The third-order valence-electron chi connectivity index (χ3n) is 7.94. The molecule has 2 aliphatic carbocycles. The molecule has 34 heavy (non-hydrogen) atoms. The van der Waals surface area contributed by atoms with Crippen LogP contribution in [-0.2, 0) is 14.6 Å². The van der Waals surface area contributed by atoms with Gasteiger partial charge in [-0.3, -0.25) is 4.57 Å². The van der Waals surface area contributed by atoms with Crippen molar-refractivity contribution in [3.63, 3.8) is 0 Å². The van der Waals surface area contributed by atoms with Crippen molar-refractivity contribution in [2.45, 2.75) is 69.2 Å². The normalized spacial score (nSPS) is 25.9. The molecule has 2 bridgehead atoms. The zero-order valence-corrected chi connectivity index (χ0v) is 21.8. The lowest BCUT2D eigenvalue weighted by molar-refractivity contribution is 0.251. The quantitative estimate of drug-likeness (QED) is 0.263. The number of hydrogen-bond acceptors (Lipinski definition) is 3. The second kappa shape index (κ2) is 11.1. The Morgan fingerprint density at radius 2 is 1.56 bits per heavy atom. The lowest BCUT2D eigenvalue weighted by atomic mass is 9.81. The molecule has 0 amide bonds. The van der Waals surface area contributed by atoms with Gasteiger partial charge in [-0.2, -0.15) is 0 Å². The largest absolute Gasteiger partial charge is 0.344 e. The van der Waals surface area contributed by atoms with E-state index in [4.69, 9.17) is 0 Å². The molecule has 7 heteroatoms. The van der Waals surface area contributed by atoms with Gasteiger partial charge in [-0.25, -0.2) is 13.1 Å². The summed E-state index contributed by atoms with van der Waals surface area (Å²) in [6, 6.07) is 17.2. The first-order valence-electron chi connectivity index (χ1n) is 12.8. The topological polar surface area (TPSA) is 83.5 Å². The van der Waals surface area contributed by atoms with Gasteiger partial charge in [0.25, 0.3) is 0 Å². The van der Waals surface area contributed by atoms with Gasteiger partial charge >= 0.3 is 0 Å². The standard InChI is InChI=1S/C27H38NO4PS/c1-2-33(29,30)19-9-4-3-8-12-26-23-13-14-24(20-23)27(26)28-34(31,32)25-17-15-22(16-18-25)21-10-6-5-7-11-21/h5-7,10-11,15-18,23-24,26-28H,2-4,8-9,12-14,19-20H2,1H3,(H,29,30)/t23?,24-,26?,27?/m0/s1. The Bertz CT molecular complexity index is 1090. The van der Waals surface area contributed by atoms with Gasteiger partial charge in [-0.15, -0.1) is 0 Å². The van der Waals surface area contributed by atoms with E-state index in [1.165, 1.54) is 6.42 Å². The van der Waals surface area contributed by atoms with E-state index >= 15 is 0 Å². The van der Waals surface area contributed by atoms with E-state index in [0.717, 1.165) is 56.1 Å². The van der Waals surface area contributed by atoms with E-state index in [0.29, 0.717) is 35.0 Å². The van der Waals surface area contributed by atoms with Gasteiger partial charge in [0, 0.05) is 18.4 Å². The summed E-state index contributed by atoms with van der Waals surface area (Å²) in [5.74, 6) is 1.46. The summed E-state index contributed by atoms with van der Waals surface area (Å²) in [6.45, 7) is 1.77. The first-order valence-corrected chi connectivity index (χ1v) is 16.3.